The van der Waals surface area contributed by atoms with Crippen molar-refractivity contribution in [1.29, 1.82) is 0 Å². The monoisotopic (exact) mass is 575 g/mol. The highest BCUT2D eigenvalue weighted by atomic mass is 19.1. The van der Waals surface area contributed by atoms with E-state index in [1.807, 2.05) is 6.07 Å². The Kier molecular flexibility index (Phi) is 7.18. The number of anilines is 2. The highest BCUT2D eigenvalue weighted by Crippen LogP contribution is 2.43. The fourth-order valence-electron chi connectivity index (χ4n) is 6.68. The quantitative estimate of drug-likeness (QED) is 0.300. The number of likely N-dealkylation sites (N-methyl/N-ethyl adjacent to an activating group) is 1. The van der Waals surface area contributed by atoms with Gasteiger partial charge in [-0.15, -0.1) is 0 Å². The van der Waals surface area contributed by atoms with Crippen molar-refractivity contribution >= 4 is 23.1 Å². The minimum absolute atomic E-state index is 0.00328. The second-order valence-corrected chi connectivity index (χ2v) is 11.9. The van der Waals surface area contributed by atoms with Crippen molar-refractivity contribution in [3.05, 3.63) is 71.7 Å². The van der Waals surface area contributed by atoms with Gasteiger partial charge in [0.2, 0.25) is 11.9 Å². The summed E-state index contributed by atoms with van der Waals surface area (Å²) < 4.78 is 32.0. The molecule has 2 aliphatic carbocycles. The second kappa shape index (κ2) is 10.7. The number of nitrogens with two attached hydrogens (primary N) is 1. The molecule has 4 aromatic rings. The number of rotatable bonds is 6. The fraction of sp³-hybridized carbons (Fsp3) is 0.419. The minimum atomic E-state index is -1.18. The molecule has 6 rings (SSSR count). The van der Waals surface area contributed by atoms with Crippen molar-refractivity contribution in [2.75, 3.05) is 12.4 Å². The second-order valence-electron chi connectivity index (χ2n) is 11.9. The van der Waals surface area contributed by atoms with Crippen LogP contribution in [0.4, 0.5) is 20.4 Å². The number of benzene rings is 1. The Morgan fingerprint density at radius 3 is 2.55 bits per heavy atom. The average Bonchev–Trinajstić information content (AvgIpc) is 3.33. The van der Waals surface area contributed by atoms with Crippen LogP contribution in [-0.4, -0.2) is 54.6 Å². The van der Waals surface area contributed by atoms with Gasteiger partial charge in [-0.25, -0.2) is 13.8 Å². The number of carbonyl (C=O) groups excluding carboxylic acids is 1. The molecule has 220 valence electrons. The third-order valence-corrected chi connectivity index (χ3v) is 9.12. The molecule has 1 amide bonds. The van der Waals surface area contributed by atoms with Crippen molar-refractivity contribution in [2.24, 2.45) is 11.7 Å². The topological polar surface area (TPSA) is 122 Å². The van der Waals surface area contributed by atoms with E-state index < -0.39 is 17.2 Å². The van der Waals surface area contributed by atoms with Crippen molar-refractivity contribution in [3.8, 4) is 11.3 Å². The minimum Gasteiger partial charge on any atom is -0.385 e. The number of aliphatic hydroxyl groups is 1. The van der Waals surface area contributed by atoms with Crippen molar-refractivity contribution in [3.63, 3.8) is 0 Å². The number of pyridine rings is 1. The van der Waals surface area contributed by atoms with Gasteiger partial charge in [-0.2, -0.15) is 9.61 Å². The number of amides is 1. The lowest BCUT2D eigenvalue weighted by Crippen LogP contribution is -2.54. The maximum Gasteiger partial charge on any atom is 0.229 e. The first-order chi connectivity index (χ1) is 20.1. The molecule has 9 nitrogen and oxygen atoms in total. The zero-order valence-electron chi connectivity index (χ0n) is 23.9. The Morgan fingerprint density at radius 2 is 1.90 bits per heavy atom. The van der Waals surface area contributed by atoms with Crippen LogP contribution in [0.1, 0.15) is 63.0 Å². The maximum atomic E-state index is 15.2. The normalized spacial score (nSPS) is 23.4. The highest BCUT2D eigenvalue weighted by Gasteiger charge is 2.39. The first-order valence-electron chi connectivity index (χ1n) is 14.3. The molecule has 0 bridgehead atoms. The smallest absolute Gasteiger partial charge is 0.229 e. The Hall–Kier alpha value is -3.96. The van der Waals surface area contributed by atoms with Crippen LogP contribution in [0.3, 0.4) is 0 Å². The van der Waals surface area contributed by atoms with Crippen LogP contribution in [0.25, 0.3) is 16.8 Å². The fourth-order valence-corrected chi connectivity index (χ4v) is 6.68. The largest absolute Gasteiger partial charge is 0.385 e. The number of nitrogens with zero attached hydrogens (tertiary/aromatic N) is 5. The van der Waals surface area contributed by atoms with E-state index in [4.69, 9.17) is 5.73 Å². The van der Waals surface area contributed by atoms with Crippen LogP contribution < -0.4 is 11.1 Å². The van der Waals surface area contributed by atoms with E-state index in [2.05, 4.69) is 27.3 Å². The summed E-state index contributed by atoms with van der Waals surface area (Å²) in [5, 5.41) is 18.4. The molecular formula is C31H35F2N7O2. The average molecular weight is 576 g/mol. The van der Waals surface area contributed by atoms with E-state index in [-0.39, 0.29) is 46.6 Å². The Morgan fingerprint density at radius 1 is 1.17 bits per heavy atom. The summed E-state index contributed by atoms with van der Waals surface area (Å²) in [4.78, 5) is 22.6. The Labute approximate surface area is 242 Å². The lowest BCUT2D eigenvalue weighted by molar-refractivity contribution is -0.131. The summed E-state index contributed by atoms with van der Waals surface area (Å²) in [6, 6.07) is 7.38. The molecule has 0 saturated heterocycles. The summed E-state index contributed by atoms with van der Waals surface area (Å²) in [5.74, 6) is -0.887. The van der Waals surface area contributed by atoms with Crippen LogP contribution in [-0.2, 0) is 10.4 Å². The van der Waals surface area contributed by atoms with Gasteiger partial charge in [0.05, 0.1) is 40.5 Å². The lowest BCUT2D eigenvalue weighted by atomic mass is 9.73. The summed E-state index contributed by atoms with van der Waals surface area (Å²) >= 11 is 0. The lowest BCUT2D eigenvalue weighted by Gasteiger charge is -2.43. The zero-order valence-corrected chi connectivity index (χ0v) is 23.9. The number of halogens is 2. The molecule has 0 radical (unpaired) electrons. The van der Waals surface area contributed by atoms with Gasteiger partial charge in [0, 0.05) is 32.3 Å². The van der Waals surface area contributed by atoms with Gasteiger partial charge >= 0.3 is 0 Å². The third kappa shape index (κ3) is 4.90. The molecule has 2 saturated carbocycles. The van der Waals surface area contributed by atoms with Gasteiger partial charge in [-0.1, -0.05) is 6.92 Å². The number of imidazole rings is 1. The van der Waals surface area contributed by atoms with Gasteiger partial charge in [-0.05, 0) is 85.4 Å². The molecule has 3 aromatic heterocycles. The zero-order chi connectivity index (χ0) is 29.8. The van der Waals surface area contributed by atoms with E-state index in [0.29, 0.717) is 30.7 Å². The van der Waals surface area contributed by atoms with E-state index in [9.17, 15) is 9.90 Å². The summed E-state index contributed by atoms with van der Waals surface area (Å²) in [6.07, 6.45) is 8.39. The van der Waals surface area contributed by atoms with Crippen LogP contribution >= 0.6 is 0 Å². The predicted octanol–water partition coefficient (Wildman–Crippen LogP) is 4.87. The van der Waals surface area contributed by atoms with Gasteiger partial charge in [0.15, 0.2) is 0 Å². The molecule has 1 aromatic carbocycles. The molecule has 0 spiro atoms. The molecule has 2 aliphatic rings. The number of hydrogen-bond acceptors (Lipinski definition) is 7. The molecule has 0 unspecified atom stereocenters. The molecule has 11 heteroatoms. The number of carbonyl (C=O) groups is 1. The van der Waals surface area contributed by atoms with Gasteiger partial charge < -0.3 is 21.1 Å². The maximum absolute atomic E-state index is 15.2. The molecule has 4 atom stereocenters. The molecule has 3 heterocycles. The number of nitrogens with one attached hydrogen (secondary N) is 1. The molecule has 4 N–H and O–H groups in total. The van der Waals surface area contributed by atoms with Gasteiger partial charge in [-0.3, -0.25) is 9.78 Å². The van der Waals surface area contributed by atoms with Crippen molar-refractivity contribution < 1.29 is 18.7 Å². The first-order valence-corrected chi connectivity index (χ1v) is 14.3. The van der Waals surface area contributed by atoms with Crippen LogP contribution in [0.5, 0.6) is 0 Å². The van der Waals surface area contributed by atoms with E-state index >= 15 is 8.78 Å². The molecular weight excluding hydrogens is 540 g/mol. The molecule has 0 aliphatic heterocycles. The Balaban J connectivity index is 1.30. The van der Waals surface area contributed by atoms with Crippen LogP contribution in [0.15, 0.2) is 48.9 Å². The van der Waals surface area contributed by atoms with E-state index in [1.165, 1.54) is 16.6 Å². The summed E-state index contributed by atoms with van der Waals surface area (Å²) in [6.45, 7) is 3.68. The van der Waals surface area contributed by atoms with Crippen molar-refractivity contribution in [2.45, 2.75) is 69.6 Å². The first kappa shape index (κ1) is 28.2. The van der Waals surface area contributed by atoms with E-state index in [0.717, 1.165) is 24.1 Å². The van der Waals surface area contributed by atoms with E-state index in [1.54, 1.807) is 49.6 Å². The standard InChI is InChI=1S/C31H35F2N7O2/c1-17-11-19(12-25(34)29(17)39(3)18(2)41)22-7-10-35-16-27(22)37-30-36-15-21-5-6-26(38-40(21)30)28-23(32)13-20(14-24(28)33)31(42)8-4-9-31/h5-7,10,13-17,19,25,29,42H,4,8-9,11-12,34H2,1-3H3,(H,36,37)/t17-,19+,25+,29-/m0/s1. The molecule has 2 fully saturated rings. The van der Waals surface area contributed by atoms with Crippen LogP contribution in [0.2, 0.25) is 0 Å². The SMILES string of the molecule is CC(=O)N(C)[C@@H]1[C@H](N)C[C@H](c2ccncc2Nc2ncc3ccc(-c4c(F)cc(C5(O)CCC5)cc4F)nn23)C[C@@H]1C. The highest BCUT2D eigenvalue weighted by molar-refractivity contribution is 5.73. The third-order valence-electron chi connectivity index (χ3n) is 9.12. The van der Waals surface area contributed by atoms with Crippen LogP contribution in [0, 0.1) is 17.6 Å². The van der Waals surface area contributed by atoms with Gasteiger partial charge in [0.25, 0.3) is 0 Å². The number of hydrogen-bond donors (Lipinski definition) is 3. The number of fused-ring (bicyclic) bond motifs is 1. The predicted molar refractivity (Wildman–Crippen MR) is 155 cm³/mol. The summed E-state index contributed by atoms with van der Waals surface area (Å²) in [7, 11) is 1.80. The Bertz CT molecular complexity index is 1620. The van der Waals surface area contributed by atoms with Gasteiger partial charge in [0.1, 0.15) is 11.6 Å². The molecule has 42 heavy (non-hydrogen) atoms. The summed E-state index contributed by atoms with van der Waals surface area (Å²) in [5.41, 5.74) is 7.90. The number of aromatic nitrogens is 4. The van der Waals surface area contributed by atoms with Crippen molar-refractivity contribution in [1.82, 2.24) is 24.5 Å².